The van der Waals surface area contributed by atoms with Gasteiger partial charge in [-0.15, -0.1) is 0 Å². The monoisotopic (exact) mass is 293 g/mol. The Morgan fingerprint density at radius 2 is 2.24 bits per heavy atom. The van der Waals surface area contributed by atoms with Gasteiger partial charge in [-0.2, -0.15) is 0 Å². The van der Waals surface area contributed by atoms with Crippen LogP contribution in [0.15, 0.2) is 29.4 Å². The number of benzene rings is 1. The number of carbonyl (C=O) groups excluding carboxylic acids is 1. The molecule has 1 aliphatic heterocycles. The summed E-state index contributed by atoms with van der Waals surface area (Å²) in [6, 6.07) is 6.74. The summed E-state index contributed by atoms with van der Waals surface area (Å²) in [5.74, 6) is 0.105. The molecule has 0 bridgehead atoms. The summed E-state index contributed by atoms with van der Waals surface area (Å²) in [6.07, 6.45) is 1.04. The van der Waals surface area contributed by atoms with Gasteiger partial charge in [0.1, 0.15) is 5.75 Å². The van der Waals surface area contributed by atoms with Gasteiger partial charge in [-0.05, 0) is 25.0 Å². The minimum Gasteiger partial charge on any atom is -0.483 e. The number of hydrogen-bond donors (Lipinski definition) is 3. The minimum absolute atomic E-state index is 0.0774. The van der Waals surface area contributed by atoms with Crippen molar-refractivity contribution in [2.75, 3.05) is 19.7 Å². The van der Waals surface area contributed by atoms with E-state index in [-0.39, 0.29) is 18.3 Å². The lowest BCUT2D eigenvalue weighted by Crippen LogP contribution is -2.44. The number of nitrogens with two attached hydrogens (primary N) is 1. The molecule has 7 heteroatoms. The Bertz CT molecular complexity index is 533. The third-order valence-corrected chi connectivity index (χ3v) is 3.37. The van der Waals surface area contributed by atoms with Gasteiger partial charge in [0, 0.05) is 13.1 Å². The fourth-order valence-corrected chi connectivity index (χ4v) is 2.27. The Labute approximate surface area is 122 Å². The molecule has 114 valence electrons. The molecule has 0 radical (unpaired) electrons. The van der Waals surface area contributed by atoms with Crippen LogP contribution in [0.2, 0.25) is 0 Å². The number of oxime groups is 1. The highest BCUT2D eigenvalue weighted by molar-refractivity contribution is 5.99. The molecule has 0 spiro atoms. The van der Waals surface area contributed by atoms with E-state index in [4.69, 9.17) is 15.7 Å². The average Bonchev–Trinajstić information content (AvgIpc) is 2.52. The maximum atomic E-state index is 12.0. The van der Waals surface area contributed by atoms with Gasteiger partial charge in [0.2, 0.25) is 0 Å². The number of ether oxygens (including phenoxy) is 1. The number of hydrogen-bond acceptors (Lipinski definition) is 5. The van der Waals surface area contributed by atoms with Crippen molar-refractivity contribution >= 4 is 11.7 Å². The van der Waals surface area contributed by atoms with Crippen molar-refractivity contribution in [1.29, 1.82) is 0 Å². The molecule has 0 saturated carbocycles. The molecule has 1 fully saturated rings. The lowest BCUT2D eigenvalue weighted by molar-refractivity contribution is -0.136. The molecular formula is C14H19N3O4. The number of carbonyl (C=O) groups is 1. The maximum absolute atomic E-state index is 12.0. The lowest BCUT2D eigenvalue weighted by atomic mass is 10.1. The zero-order valence-corrected chi connectivity index (χ0v) is 11.6. The van der Waals surface area contributed by atoms with Gasteiger partial charge < -0.3 is 25.7 Å². The second kappa shape index (κ2) is 6.94. The van der Waals surface area contributed by atoms with E-state index in [1.165, 1.54) is 0 Å². The van der Waals surface area contributed by atoms with Gasteiger partial charge in [-0.25, -0.2) is 0 Å². The van der Waals surface area contributed by atoms with Crippen LogP contribution >= 0.6 is 0 Å². The number of para-hydroxylation sites is 1. The molecule has 1 atom stereocenters. The van der Waals surface area contributed by atoms with E-state index in [9.17, 15) is 9.90 Å². The van der Waals surface area contributed by atoms with Crippen molar-refractivity contribution < 1.29 is 19.8 Å². The molecule has 1 aromatic carbocycles. The largest absolute Gasteiger partial charge is 0.483 e. The minimum atomic E-state index is -0.466. The maximum Gasteiger partial charge on any atom is 0.260 e. The predicted molar refractivity (Wildman–Crippen MR) is 76.3 cm³/mol. The Balaban J connectivity index is 1.98. The summed E-state index contributed by atoms with van der Waals surface area (Å²) in [7, 11) is 0. The third kappa shape index (κ3) is 3.85. The number of aliphatic hydroxyl groups excluding tert-OH is 1. The van der Waals surface area contributed by atoms with Gasteiger partial charge in [-0.3, -0.25) is 4.79 Å². The van der Waals surface area contributed by atoms with Gasteiger partial charge in [0.15, 0.2) is 12.4 Å². The van der Waals surface area contributed by atoms with Crippen molar-refractivity contribution in [2.24, 2.45) is 10.9 Å². The average molecular weight is 293 g/mol. The summed E-state index contributed by atoms with van der Waals surface area (Å²) in [5, 5.41) is 21.2. The van der Waals surface area contributed by atoms with Crippen LogP contribution in [0.3, 0.4) is 0 Å². The summed E-state index contributed by atoms with van der Waals surface area (Å²) in [6.45, 7) is 0.813. The van der Waals surface area contributed by atoms with Gasteiger partial charge >= 0.3 is 0 Å². The van der Waals surface area contributed by atoms with Crippen molar-refractivity contribution in [2.45, 2.75) is 18.9 Å². The first kappa shape index (κ1) is 15.1. The second-order valence-electron chi connectivity index (χ2n) is 4.91. The topological polar surface area (TPSA) is 108 Å². The van der Waals surface area contributed by atoms with Crippen LogP contribution in [0.25, 0.3) is 0 Å². The number of likely N-dealkylation sites (tertiary alicyclic amines) is 1. The molecule has 1 aromatic rings. The molecule has 21 heavy (non-hydrogen) atoms. The van der Waals surface area contributed by atoms with Crippen molar-refractivity contribution in [1.82, 2.24) is 4.90 Å². The first-order valence-electron chi connectivity index (χ1n) is 6.77. The summed E-state index contributed by atoms with van der Waals surface area (Å²) >= 11 is 0. The molecule has 1 heterocycles. The highest BCUT2D eigenvalue weighted by Crippen LogP contribution is 2.18. The number of aliphatic hydroxyl groups is 1. The van der Waals surface area contributed by atoms with Crippen LogP contribution in [0, 0.1) is 0 Å². The van der Waals surface area contributed by atoms with Crippen molar-refractivity contribution in [3.63, 3.8) is 0 Å². The fraction of sp³-hybridized carbons (Fsp3) is 0.429. The second-order valence-corrected chi connectivity index (χ2v) is 4.91. The van der Waals surface area contributed by atoms with Crippen LogP contribution in [0.5, 0.6) is 5.75 Å². The summed E-state index contributed by atoms with van der Waals surface area (Å²) in [4.78, 5) is 13.6. The number of nitrogens with zero attached hydrogens (tertiary/aromatic N) is 2. The first-order chi connectivity index (χ1) is 10.1. The highest BCUT2D eigenvalue weighted by atomic mass is 16.5. The Morgan fingerprint density at radius 3 is 2.95 bits per heavy atom. The predicted octanol–water partition coefficient (Wildman–Crippen LogP) is 0.143. The normalized spacial score (nSPS) is 19.4. The lowest BCUT2D eigenvalue weighted by Gasteiger charge is -2.30. The van der Waals surface area contributed by atoms with Crippen LogP contribution in [0.4, 0.5) is 0 Å². The van der Waals surface area contributed by atoms with Crippen LogP contribution in [-0.4, -0.2) is 52.8 Å². The fourth-order valence-electron chi connectivity index (χ4n) is 2.27. The number of piperidine rings is 1. The number of amidine groups is 1. The van der Waals surface area contributed by atoms with Gasteiger partial charge in [0.05, 0.1) is 11.7 Å². The van der Waals surface area contributed by atoms with Gasteiger partial charge in [-0.1, -0.05) is 17.3 Å². The van der Waals surface area contributed by atoms with E-state index >= 15 is 0 Å². The standard InChI is InChI=1S/C14H19N3O4/c15-14(16-20)11-5-1-2-6-12(11)21-9-13(19)17-7-3-4-10(18)8-17/h1-2,5-6,10,18,20H,3-4,7-9H2,(H2,15,16). The molecule has 2 rings (SSSR count). The third-order valence-electron chi connectivity index (χ3n) is 3.37. The zero-order valence-electron chi connectivity index (χ0n) is 11.6. The van der Waals surface area contributed by atoms with Crippen molar-refractivity contribution in [3.05, 3.63) is 29.8 Å². The molecule has 4 N–H and O–H groups in total. The van der Waals surface area contributed by atoms with E-state index in [2.05, 4.69) is 5.16 Å². The van der Waals surface area contributed by atoms with E-state index in [1.54, 1.807) is 29.2 Å². The van der Waals surface area contributed by atoms with E-state index < -0.39 is 6.10 Å². The Morgan fingerprint density at radius 1 is 1.48 bits per heavy atom. The molecule has 7 nitrogen and oxygen atoms in total. The van der Waals surface area contributed by atoms with Crippen molar-refractivity contribution in [3.8, 4) is 5.75 Å². The van der Waals surface area contributed by atoms with E-state index in [1.807, 2.05) is 0 Å². The summed E-state index contributed by atoms with van der Waals surface area (Å²) in [5.41, 5.74) is 5.98. The smallest absolute Gasteiger partial charge is 0.260 e. The molecule has 0 aliphatic carbocycles. The highest BCUT2D eigenvalue weighted by Gasteiger charge is 2.22. The van der Waals surface area contributed by atoms with E-state index in [0.717, 1.165) is 12.8 Å². The molecule has 1 saturated heterocycles. The molecule has 0 aromatic heterocycles. The number of rotatable bonds is 4. The number of amides is 1. The zero-order chi connectivity index (χ0) is 15.2. The van der Waals surface area contributed by atoms with Crippen LogP contribution < -0.4 is 10.5 Å². The van der Waals surface area contributed by atoms with E-state index in [0.29, 0.717) is 24.4 Å². The molecule has 1 unspecified atom stereocenters. The SMILES string of the molecule is NC(=NO)c1ccccc1OCC(=O)N1CCCC(O)C1. The Hall–Kier alpha value is -2.28. The molecule has 1 aliphatic rings. The Kier molecular flexibility index (Phi) is 4.99. The molecule has 1 amide bonds. The first-order valence-corrected chi connectivity index (χ1v) is 6.77. The van der Waals surface area contributed by atoms with Gasteiger partial charge in [0.25, 0.3) is 5.91 Å². The summed E-state index contributed by atoms with van der Waals surface area (Å²) < 4.78 is 5.47. The van der Waals surface area contributed by atoms with Crippen LogP contribution in [0.1, 0.15) is 18.4 Å². The number of β-amino-alcohol motifs (C(OH)–C–C–N with tert-alkyl or cyclic N) is 1. The quantitative estimate of drug-likeness (QED) is 0.317. The van der Waals surface area contributed by atoms with Crippen LogP contribution in [-0.2, 0) is 4.79 Å². The molecular weight excluding hydrogens is 274 g/mol.